The maximum Gasteiger partial charge on any atom is 0.246 e. The highest BCUT2D eigenvalue weighted by atomic mass is 35.5. The molecule has 3 N–H and O–H groups in total. The molecule has 1 rings (SSSR count). The summed E-state index contributed by atoms with van der Waals surface area (Å²) < 4.78 is 23.4. The second-order valence-electron chi connectivity index (χ2n) is 3.34. The number of aliphatic hydroxyl groups is 1. The van der Waals surface area contributed by atoms with Gasteiger partial charge in [0.2, 0.25) is 5.91 Å². The second-order valence-corrected chi connectivity index (χ2v) is 5.45. The molecule has 5 nitrogen and oxygen atoms in total. The number of amides is 1. The number of halogens is 1. The molecule has 0 bridgehead atoms. The molecule has 0 heterocycles. The van der Waals surface area contributed by atoms with Crippen molar-refractivity contribution in [2.45, 2.75) is 17.4 Å². The quantitative estimate of drug-likeness (QED) is 0.800. The Hall–Kier alpha value is -1.11. The van der Waals surface area contributed by atoms with Crippen LogP contribution in [0.3, 0.4) is 0 Å². The largest absolute Gasteiger partial charge is 0.383 e. The third-order valence-corrected chi connectivity index (χ3v) is 3.85. The Morgan fingerprint density at radius 3 is 2.29 bits per heavy atom. The molecule has 1 unspecified atom stereocenters. The zero-order valence-electron chi connectivity index (χ0n) is 8.94. The summed E-state index contributed by atoms with van der Waals surface area (Å²) in [7, 11) is -3.46. The third kappa shape index (κ3) is 4.72. The smallest absolute Gasteiger partial charge is 0.246 e. The first-order valence-electron chi connectivity index (χ1n) is 4.68. The van der Waals surface area contributed by atoms with E-state index >= 15 is 0 Å². The van der Waals surface area contributed by atoms with Crippen LogP contribution in [0.1, 0.15) is 6.42 Å². The summed E-state index contributed by atoms with van der Waals surface area (Å²) in [4.78, 5) is 10.7. The lowest BCUT2D eigenvalue weighted by Crippen LogP contribution is -2.30. The molecule has 0 fully saturated rings. The SMILES string of the molecule is Cl.NC(=O)C(O)CCS(=O)(=O)c1ccccc1. The Morgan fingerprint density at radius 2 is 1.82 bits per heavy atom. The summed E-state index contributed by atoms with van der Waals surface area (Å²) in [6.45, 7) is 0. The number of carbonyl (C=O) groups excluding carboxylic acids is 1. The van der Waals surface area contributed by atoms with Crippen molar-refractivity contribution >= 4 is 28.2 Å². The molecular weight excluding hydrogens is 266 g/mol. The fourth-order valence-electron chi connectivity index (χ4n) is 1.15. The van der Waals surface area contributed by atoms with Crippen LogP contribution in [0.2, 0.25) is 0 Å². The van der Waals surface area contributed by atoms with Crippen LogP contribution in [-0.4, -0.2) is 31.3 Å². The molecule has 0 aliphatic rings. The number of nitrogens with two attached hydrogens (primary N) is 1. The normalized spacial score (nSPS) is 12.5. The Morgan fingerprint density at radius 1 is 1.29 bits per heavy atom. The minimum Gasteiger partial charge on any atom is -0.383 e. The van der Waals surface area contributed by atoms with E-state index in [-0.39, 0.29) is 29.5 Å². The summed E-state index contributed by atoms with van der Waals surface area (Å²) >= 11 is 0. The molecule has 0 aliphatic heterocycles. The van der Waals surface area contributed by atoms with E-state index < -0.39 is 21.8 Å². The summed E-state index contributed by atoms with van der Waals surface area (Å²) in [6, 6.07) is 7.85. The molecular formula is C10H14ClNO4S. The third-order valence-electron chi connectivity index (χ3n) is 2.09. The van der Waals surface area contributed by atoms with Crippen molar-refractivity contribution in [2.24, 2.45) is 5.73 Å². The standard InChI is InChI=1S/C10H13NO4S.ClH/c11-10(13)9(12)6-7-16(14,15)8-4-2-1-3-5-8;/h1-5,9,12H,6-7H2,(H2,11,13);1H. The number of hydrogen-bond donors (Lipinski definition) is 2. The van der Waals surface area contributed by atoms with E-state index in [9.17, 15) is 13.2 Å². The van der Waals surface area contributed by atoms with Crippen molar-refractivity contribution in [1.82, 2.24) is 0 Å². The van der Waals surface area contributed by atoms with E-state index in [1.54, 1.807) is 18.2 Å². The highest BCUT2D eigenvalue weighted by Crippen LogP contribution is 2.11. The molecule has 0 spiro atoms. The van der Waals surface area contributed by atoms with Crippen LogP contribution in [0.25, 0.3) is 0 Å². The van der Waals surface area contributed by atoms with Crippen LogP contribution in [0.4, 0.5) is 0 Å². The van der Waals surface area contributed by atoms with E-state index in [0.717, 1.165) is 0 Å². The molecule has 1 amide bonds. The number of primary amides is 1. The van der Waals surface area contributed by atoms with Crippen molar-refractivity contribution in [3.8, 4) is 0 Å². The van der Waals surface area contributed by atoms with Crippen LogP contribution in [-0.2, 0) is 14.6 Å². The van der Waals surface area contributed by atoms with E-state index in [2.05, 4.69) is 0 Å². The molecule has 1 atom stereocenters. The molecule has 0 aliphatic carbocycles. The van der Waals surface area contributed by atoms with Gasteiger partial charge in [0.25, 0.3) is 0 Å². The molecule has 0 saturated carbocycles. The predicted octanol–water partition coefficient (Wildman–Crippen LogP) is 0.118. The van der Waals surface area contributed by atoms with E-state index in [0.29, 0.717) is 0 Å². The zero-order chi connectivity index (χ0) is 12.2. The van der Waals surface area contributed by atoms with Gasteiger partial charge in [0.05, 0.1) is 10.6 Å². The summed E-state index contributed by atoms with van der Waals surface area (Å²) in [5, 5.41) is 9.10. The van der Waals surface area contributed by atoms with Crippen LogP contribution in [0, 0.1) is 0 Å². The molecule has 96 valence electrons. The number of sulfone groups is 1. The van der Waals surface area contributed by atoms with Crippen LogP contribution < -0.4 is 5.73 Å². The number of aliphatic hydroxyl groups excluding tert-OH is 1. The molecule has 0 saturated heterocycles. The topological polar surface area (TPSA) is 97.5 Å². The summed E-state index contributed by atoms with van der Waals surface area (Å²) in [6.07, 6.45) is -1.61. The molecule has 0 radical (unpaired) electrons. The molecule has 17 heavy (non-hydrogen) atoms. The second kappa shape index (κ2) is 6.58. The Balaban J connectivity index is 0.00000256. The average Bonchev–Trinajstić information content (AvgIpc) is 2.27. The predicted molar refractivity (Wildman–Crippen MR) is 65.6 cm³/mol. The van der Waals surface area contributed by atoms with Crippen LogP contribution in [0.5, 0.6) is 0 Å². The van der Waals surface area contributed by atoms with Gasteiger partial charge in [-0.15, -0.1) is 12.4 Å². The van der Waals surface area contributed by atoms with Gasteiger partial charge in [0.1, 0.15) is 6.10 Å². The average molecular weight is 280 g/mol. The number of carbonyl (C=O) groups is 1. The maximum atomic E-state index is 11.7. The first-order chi connectivity index (χ1) is 7.43. The number of hydrogen-bond acceptors (Lipinski definition) is 4. The van der Waals surface area contributed by atoms with Gasteiger partial charge in [-0.2, -0.15) is 0 Å². The van der Waals surface area contributed by atoms with Crippen LogP contribution >= 0.6 is 12.4 Å². The zero-order valence-corrected chi connectivity index (χ0v) is 10.6. The van der Waals surface area contributed by atoms with Gasteiger partial charge < -0.3 is 10.8 Å². The van der Waals surface area contributed by atoms with Gasteiger partial charge in [-0.25, -0.2) is 8.42 Å². The fraction of sp³-hybridized carbons (Fsp3) is 0.300. The minimum atomic E-state index is -3.46. The highest BCUT2D eigenvalue weighted by Gasteiger charge is 2.18. The summed E-state index contributed by atoms with van der Waals surface area (Å²) in [5.41, 5.74) is 4.82. The van der Waals surface area contributed by atoms with Crippen molar-refractivity contribution in [2.75, 3.05) is 5.75 Å². The van der Waals surface area contributed by atoms with Crippen molar-refractivity contribution < 1.29 is 18.3 Å². The number of rotatable bonds is 5. The van der Waals surface area contributed by atoms with E-state index in [1.165, 1.54) is 12.1 Å². The van der Waals surface area contributed by atoms with Gasteiger partial charge in [-0.05, 0) is 18.6 Å². The van der Waals surface area contributed by atoms with E-state index in [1.807, 2.05) is 0 Å². The van der Waals surface area contributed by atoms with Gasteiger partial charge in [0, 0.05) is 0 Å². The fourth-order valence-corrected chi connectivity index (χ4v) is 2.50. The van der Waals surface area contributed by atoms with E-state index in [4.69, 9.17) is 10.8 Å². The van der Waals surface area contributed by atoms with Gasteiger partial charge in [-0.1, -0.05) is 18.2 Å². The summed E-state index contributed by atoms with van der Waals surface area (Å²) in [5.74, 6) is -1.22. The lowest BCUT2D eigenvalue weighted by Gasteiger charge is -2.07. The Kier molecular flexibility index (Phi) is 6.15. The van der Waals surface area contributed by atoms with Gasteiger partial charge in [-0.3, -0.25) is 4.79 Å². The Labute approximate surface area is 106 Å². The van der Waals surface area contributed by atoms with Gasteiger partial charge >= 0.3 is 0 Å². The molecule has 1 aromatic rings. The lowest BCUT2D eigenvalue weighted by molar-refractivity contribution is -0.126. The Bertz CT molecular complexity index is 460. The molecule has 1 aromatic carbocycles. The van der Waals surface area contributed by atoms with Crippen molar-refractivity contribution in [3.63, 3.8) is 0 Å². The number of benzene rings is 1. The highest BCUT2D eigenvalue weighted by molar-refractivity contribution is 7.91. The molecule has 0 aromatic heterocycles. The lowest BCUT2D eigenvalue weighted by atomic mass is 10.3. The van der Waals surface area contributed by atoms with Gasteiger partial charge in [0.15, 0.2) is 9.84 Å². The molecule has 7 heteroatoms. The van der Waals surface area contributed by atoms with Crippen molar-refractivity contribution in [1.29, 1.82) is 0 Å². The minimum absolute atomic E-state index is 0. The van der Waals surface area contributed by atoms with Crippen LogP contribution in [0.15, 0.2) is 35.2 Å². The first-order valence-corrected chi connectivity index (χ1v) is 6.34. The monoisotopic (exact) mass is 279 g/mol. The van der Waals surface area contributed by atoms with Crippen molar-refractivity contribution in [3.05, 3.63) is 30.3 Å². The maximum absolute atomic E-state index is 11.7. The first kappa shape index (κ1) is 15.9.